The first-order valence-electron chi connectivity index (χ1n) is 6.00. The molecule has 0 aromatic heterocycles. The minimum absolute atomic E-state index is 0.428. The van der Waals surface area contributed by atoms with Crippen LogP contribution in [0.5, 0.6) is 0 Å². The smallest absolute Gasteiger partial charge is 0.0658 e. The van der Waals surface area contributed by atoms with E-state index in [1.807, 2.05) is 24.8 Å². The van der Waals surface area contributed by atoms with E-state index >= 15 is 0 Å². The maximum absolute atomic E-state index is 10.3. The Labute approximate surface area is 102 Å². The lowest BCUT2D eigenvalue weighted by molar-refractivity contribution is 0.0223. The van der Waals surface area contributed by atoms with Gasteiger partial charge in [-0.25, -0.2) is 0 Å². The van der Waals surface area contributed by atoms with E-state index in [9.17, 15) is 5.11 Å². The van der Waals surface area contributed by atoms with Crippen LogP contribution >= 0.6 is 11.8 Å². The highest BCUT2D eigenvalue weighted by molar-refractivity contribution is 7.99. The van der Waals surface area contributed by atoms with Crippen LogP contribution in [0.4, 0.5) is 0 Å². The summed E-state index contributed by atoms with van der Waals surface area (Å²) in [4.78, 5) is 1.30. The molecule has 1 fully saturated rings. The van der Waals surface area contributed by atoms with E-state index in [1.54, 1.807) is 0 Å². The van der Waals surface area contributed by atoms with Gasteiger partial charge in [0.15, 0.2) is 0 Å². The quantitative estimate of drug-likeness (QED) is 0.810. The summed E-state index contributed by atoms with van der Waals surface area (Å²) in [6, 6.07) is 10.5. The molecule has 0 amide bonds. The van der Waals surface area contributed by atoms with Crippen LogP contribution in [0.1, 0.15) is 26.7 Å². The number of aliphatic hydroxyl groups is 1. The number of hydrogen-bond donors (Lipinski definition) is 1. The molecule has 1 aromatic rings. The van der Waals surface area contributed by atoms with Crippen molar-refractivity contribution in [2.24, 2.45) is 11.8 Å². The zero-order valence-corrected chi connectivity index (χ0v) is 10.8. The van der Waals surface area contributed by atoms with Crippen LogP contribution in [-0.4, -0.2) is 16.5 Å². The van der Waals surface area contributed by atoms with Gasteiger partial charge in [0.05, 0.1) is 5.60 Å². The van der Waals surface area contributed by atoms with Crippen molar-refractivity contribution in [3.8, 4) is 0 Å². The largest absolute Gasteiger partial charge is 0.390 e. The molecule has 16 heavy (non-hydrogen) atoms. The van der Waals surface area contributed by atoms with E-state index in [0.29, 0.717) is 11.8 Å². The number of rotatable bonds is 3. The molecule has 1 saturated carbocycles. The van der Waals surface area contributed by atoms with E-state index in [-0.39, 0.29) is 0 Å². The molecule has 0 bridgehead atoms. The lowest BCUT2D eigenvalue weighted by Crippen LogP contribution is -2.32. The van der Waals surface area contributed by atoms with Crippen molar-refractivity contribution in [2.45, 2.75) is 37.2 Å². The van der Waals surface area contributed by atoms with Crippen LogP contribution in [0.2, 0.25) is 0 Å². The van der Waals surface area contributed by atoms with Gasteiger partial charge in [-0.1, -0.05) is 25.1 Å². The second-order valence-electron chi connectivity index (χ2n) is 5.10. The van der Waals surface area contributed by atoms with Crippen LogP contribution in [0.3, 0.4) is 0 Å². The molecule has 0 spiro atoms. The Bertz CT molecular complexity index is 334. The molecule has 0 aliphatic heterocycles. The third-order valence-electron chi connectivity index (χ3n) is 3.76. The highest BCUT2D eigenvalue weighted by Crippen LogP contribution is 2.42. The van der Waals surface area contributed by atoms with Crippen LogP contribution < -0.4 is 0 Å². The first-order chi connectivity index (χ1) is 7.59. The van der Waals surface area contributed by atoms with Crippen molar-refractivity contribution >= 4 is 11.8 Å². The summed E-state index contributed by atoms with van der Waals surface area (Å²) >= 11 is 1.86. The van der Waals surface area contributed by atoms with Crippen LogP contribution in [0.25, 0.3) is 0 Å². The van der Waals surface area contributed by atoms with Crippen LogP contribution in [-0.2, 0) is 0 Å². The second kappa shape index (κ2) is 4.80. The lowest BCUT2D eigenvalue weighted by Gasteiger charge is -2.27. The molecule has 3 atom stereocenters. The third-order valence-corrected chi connectivity index (χ3v) is 4.90. The molecule has 1 N–H and O–H groups in total. The van der Waals surface area contributed by atoms with Crippen molar-refractivity contribution in [1.29, 1.82) is 0 Å². The molecule has 88 valence electrons. The summed E-state index contributed by atoms with van der Waals surface area (Å²) in [5, 5.41) is 10.3. The highest BCUT2D eigenvalue weighted by Gasteiger charge is 2.41. The summed E-state index contributed by atoms with van der Waals surface area (Å²) in [6.07, 6.45) is 2.11. The summed E-state index contributed by atoms with van der Waals surface area (Å²) in [7, 11) is 0. The fourth-order valence-corrected chi connectivity index (χ4v) is 3.98. The lowest BCUT2D eigenvalue weighted by atomic mass is 9.90. The Balaban J connectivity index is 1.95. The minimum atomic E-state index is -0.457. The van der Waals surface area contributed by atoms with Gasteiger partial charge in [-0.2, -0.15) is 0 Å². The number of hydrogen-bond acceptors (Lipinski definition) is 2. The van der Waals surface area contributed by atoms with Gasteiger partial charge in [0, 0.05) is 10.6 Å². The normalized spacial score (nSPS) is 34.2. The fraction of sp³-hybridized carbons (Fsp3) is 0.571. The van der Waals surface area contributed by atoms with Crippen LogP contribution in [0, 0.1) is 11.8 Å². The summed E-state index contributed by atoms with van der Waals surface area (Å²) in [6.45, 7) is 4.25. The van der Waals surface area contributed by atoms with Crippen molar-refractivity contribution in [1.82, 2.24) is 0 Å². The van der Waals surface area contributed by atoms with Gasteiger partial charge in [0.2, 0.25) is 0 Å². The predicted octanol–water partition coefficient (Wildman–Crippen LogP) is 3.58. The molecule has 0 saturated heterocycles. The fourth-order valence-electron chi connectivity index (χ4n) is 2.57. The number of thioether (sulfide) groups is 1. The van der Waals surface area contributed by atoms with Gasteiger partial charge in [0.25, 0.3) is 0 Å². The maximum atomic E-state index is 10.3. The van der Waals surface area contributed by atoms with Gasteiger partial charge in [-0.3, -0.25) is 0 Å². The summed E-state index contributed by atoms with van der Waals surface area (Å²) in [5.41, 5.74) is -0.457. The second-order valence-corrected chi connectivity index (χ2v) is 6.20. The highest BCUT2D eigenvalue weighted by atomic mass is 32.2. The first-order valence-corrected chi connectivity index (χ1v) is 6.98. The monoisotopic (exact) mass is 236 g/mol. The SMILES string of the molecule is C[C@H]1CC[C@](C)(O)[C@H]1CSc1ccccc1. The van der Waals surface area contributed by atoms with E-state index in [4.69, 9.17) is 0 Å². The Hall–Kier alpha value is -0.470. The average Bonchev–Trinajstić information content (AvgIpc) is 2.52. The van der Waals surface area contributed by atoms with E-state index in [0.717, 1.165) is 18.6 Å². The Morgan fingerprint density at radius 1 is 1.38 bits per heavy atom. The van der Waals surface area contributed by atoms with Gasteiger partial charge in [-0.05, 0) is 43.7 Å². The molecular formula is C14H20OS. The maximum Gasteiger partial charge on any atom is 0.0658 e. The molecular weight excluding hydrogens is 216 g/mol. The van der Waals surface area contributed by atoms with Gasteiger partial charge >= 0.3 is 0 Å². The van der Waals surface area contributed by atoms with Gasteiger partial charge < -0.3 is 5.11 Å². The molecule has 0 heterocycles. The van der Waals surface area contributed by atoms with Gasteiger partial charge in [0.1, 0.15) is 0 Å². The zero-order valence-electron chi connectivity index (χ0n) is 10.0. The Morgan fingerprint density at radius 3 is 2.62 bits per heavy atom. The van der Waals surface area contributed by atoms with Crippen molar-refractivity contribution in [3.05, 3.63) is 30.3 Å². The van der Waals surface area contributed by atoms with E-state index in [2.05, 4.69) is 31.2 Å². The third kappa shape index (κ3) is 2.61. The molecule has 1 nitrogen and oxygen atoms in total. The van der Waals surface area contributed by atoms with Gasteiger partial charge in [-0.15, -0.1) is 11.8 Å². The standard InChI is InChI=1S/C14H20OS/c1-11-8-9-14(2,15)13(11)10-16-12-6-4-3-5-7-12/h3-7,11,13,15H,8-10H2,1-2H3/t11-,13-,14-/m0/s1. The van der Waals surface area contributed by atoms with E-state index in [1.165, 1.54) is 4.90 Å². The Morgan fingerprint density at radius 2 is 2.06 bits per heavy atom. The van der Waals surface area contributed by atoms with Crippen molar-refractivity contribution in [3.63, 3.8) is 0 Å². The molecule has 1 aliphatic rings. The zero-order chi connectivity index (χ0) is 11.6. The predicted molar refractivity (Wildman–Crippen MR) is 69.7 cm³/mol. The topological polar surface area (TPSA) is 20.2 Å². The minimum Gasteiger partial charge on any atom is -0.390 e. The first kappa shape index (κ1) is 12.0. The summed E-state index contributed by atoms with van der Waals surface area (Å²) < 4.78 is 0. The van der Waals surface area contributed by atoms with Crippen molar-refractivity contribution < 1.29 is 5.11 Å². The van der Waals surface area contributed by atoms with Crippen LogP contribution in [0.15, 0.2) is 35.2 Å². The summed E-state index contributed by atoms with van der Waals surface area (Å²) in [5.74, 6) is 2.10. The average molecular weight is 236 g/mol. The number of benzene rings is 1. The molecule has 1 aliphatic carbocycles. The molecule has 2 rings (SSSR count). The molecule has 0 unspecified atom stereocenters. The van der Waals surface area contributed by atoms with Crippen molar-refractivity contribution in [2.75, 3.05) is 5.75 Å². The Kier molecular flexibility index (Phi) is 3.60. The molecule has 2 heteroatoms. The van der Waals surface area contributed by atoms with E-state index < -0.39 is 5.60 Å². The molecule has 1 aromatic carbocycles. The molecule has 0 radical (unpaired) electrons.